The highest BCUT2D eigenvalue weighted by Crippen LogP contribution is 2.25. The monoisotopic (exact) mass is 384 g/mol. The molecule has 1 heterocycles. The highest BCUT2D eigenvalue weighted by Gasteiger charge is 2.23. The third-order valence-corrected chi connectivity index (χ3v) is 6.60. The Balaban J connectivity index is 2.28. The van der Waals surface area contributed by atoms with Gasteiger partial charge in [0, 0.05) is 25.3 Å². The summed E-state index contributed by atoms with van der Waals surface area (Å²) in [5.74, 6) is 0. The van der Waals surface area contributed by atoms with Crippen LogP contribution in [0.2, 0.25) is 0 Å². The maximum Gasteiger partial charge on any atom is 0.270 e. The molecular weight excluding hydrogens is 360 g/mol. The number of hydrogen-bond donors (Lipinski definition) is 0. The van der Waals surface area contributed by atoms with E-state index in [0.717, 1.165) is 29.7 Å². The van der Waals surface area contributed by atoms with E-state index in [1.165, 1.54) is 22.8 Å². The minimum atomic E-state index is -3.87. The average Bonchev–Trinajstić information content (AvgIpc) is 2.69. The Morgan fingerprint density at radius 1 is 0.926 bits per heavy atom. The van der Waals surface area contributed by atoms with Crippen LogP contribution in [0.15, 0.2) is 69.2 Å². The molecule has 0 unspecified atom stereocenters. The van der Waals surface area contributed by atoms with Crippen LogP contribution in [0.4, 0.5) is 5.69 Å². The van der Waals surface area contributed by atoms with E-state index in [0.29, 0.717) is 6.54 Å². The van der Waals surface area contributed by atoms with Crippen LogP contribution in [0.1, 0.15) is 20.8 Å². The number of anilines is 1. The second kappa shape index (κ2) is 7.56. The fraction of sp³-hybridized carbons (Fsp3) is 0.286. The zero-order valence-corrected chi connectivity index (χ0v) is 16.7. The number of fused-ring (bicyclic) bond motifs is 1. The van der Waals surface area contributed by atoms with Crippen LogP contribution in [0, 0.1) is 0 Å². The van der Waals surface area contributed by atoms with Crippen molar-refractivity contribution >= 4 is 26.4 Å². The Labute approximate surface area is 159 Å². The van der Waals surface area contributed by atoms with E-state index in [2.05, 4.69) is 18.7 Å². The fourth-order valence-corrected chi connectivity index (χ4v) is 4.74. The van der Waals surface area contributed by atoms with Gasteiger partial charge in [0.05, 0.1) is 10.4 Å². The topological polar surface area (TPSA) is 59.4 Å². The predicted molar refractivity (Wildman–Crippen MR) is 109 cm³/mol. The Bertz CT molecular complexity index is 1120. The molecule has 0 saturated heterocycles. The highest BCUT2D eigenvalue weighted by molar-refractivity contribution is 7.91. The molecule has 0 bridgehead atoms. The van der Waals surface area contributed by atoms with Crippen LogP contribution in [0.5, 0.6) is 0 Å². The number of aryl methyl sites for hydroxylation is 1. The third-order valence-electron chi connectivity index (χ3n) is 4.84. The molecule has 0 radical (unpaired) electrons. The molecule has 2 aromatic carbocycles. The number of benzene rings is 2. The normalized spacial score (nSPS) is 11.7. The summed E-state index contributed by atoms with van der Waals surface area (Å²) in [5.41, 5.74) is 1.29. The minimum Gasteiger partial charge on any atom is -0.372 e. The lowest BCUT2D eigenvalue weighted by Gasteiger charge is -2.22. The average molecular weight is 385 g/mol. The number of hydrogen-bond acceptors (Lipinski definition) is 4. The van der Waals surface area contributed by atoms with Crippen molar-refractivity contribution in [2.75, 3.05) is 18.0 Å². The summed E-state index contributed by atoms with van der Waals surface area (Å²) < 4.78 is 27.6. The van der Waals surface area contributed by atoms with Gasteiger partial charge in [-0.25, -0.2) is 8.42 Å². The molecule has 0 aliphatic rings. The molecule has 6 heteroatoms. The molecule has 0 aliphatic carbocycles. The first-order valence-corrected chi connectivity index (χ1v) is 10.6. The molecule has 0 N–H and O–H groups in total. The van der Waals surface area contributed by atoms with E-state index in [9.17, 15) is 13.2 Å². The number of aromatic nitrogens is 1. The Morgan fingerprint density at radius 3 is 2.19 bits per heavy atom. The third kappa shape index (κ3) is 3.37. The smallest absolute Gasteiger partial charge is 0.270 e. The van der Waals surface area contributed by atoms with Gasteiger partial charge in [0.1, 0.15) is 4.90 Å². The quantitative estimate of drug-likeness (QED) is 0.650. The second-order valence-corrected chi connectivity index (χ2v) is 8.21. The lowest BCUT2D eigenvalue weighted by molar-refractivity contribution is 0.592. The standard InChI is InChI=1S/C21H24N2O3S/c1-4-22(5-2)17-13-12-16-14-20(21(24)23(6-3)19(16)15-17)27(25,26)18-10-8-7-9-11-18/h7-15H,4-6H2,1-3H3. The highest BCUT2D eigenvalue weighted by atomic mass is 32.2. The molecule has 27 heavy (non-hydrogen) atoms. The van der Waals surface area contributed by atoms with Gasteiger partial charge < -0.3 is 9.47 Å². The molecule has 0 aliphatic heterocycles. The Morgan fingerprint density at radius 2 is 1.59 bits per heavy atom. The number of pyridine rings is 1. The van der Waals surface area contributed by atoms with E-state index >= 15 is 0 Å². The first-order valence-electron chi connectivity index (χ1n) is 9.16. The summed E-state index contributed by atoms with van der Waals surface area (Å²) in [6.45, 7) is 8.13. The zero-order chi connectivity index (χ0) is 19.6. The number of rotatable bonds is 6. The predicted octanol–water partition coefficient (Wildman–Crippen LogP) is 3.70. The molecule has 5 nitrogen and oxygen atoms in total. The summed E-state index contributed by atoms with van der Waals surface area (Å²) in [6.07, 6.45) is 0. The molecule has 0 saturated carbocycles. The molecule has 1 aromatic heterocycles. The van der Waals surface area contributed by atoms with Crippen LogP contribution in [-0.4, -0.2) is 26.1 Å². The molecule has 3 aromatic rings. The van der Waals surface area contributed by atoms with Gasteiger partial charge in [0.2, 0.25) is 9.84 Å². The van der Waals surface area contributed by atoms with Gasteiger partial charge in [0.25, 0.3) is 5.56 Å². The van der Waals surface area contributed by atoms with E-state index in [1.54, 1.807) is 18.2 Å². The minimum absolute atomic E-state index is 0.129. The van der Waals surface area contributed by atoms with E-state index < -0.39 is 15.4 Å². The van der Waals surface area contributed by atoms with Crippen LogP contribution in [-0.2, 0) is 16.4 Å². The Hall–Kier alpha value is -2.60. The zero-order valence-electron chi connectivity index (χ0n) is 15.8. The summed E-state index contributed by atoms with van der Waals surface area (Å²) in [6, 6.07) is 15.4. The van der Waals surface area contributed by atoms with Crippen LogP contribution in [0.3, 0.4) is 0 Å². The largest absolute Gasteiger partial charge is 0.372 e. The molecule has 0 fully saturated rings. The van der Waals surface area contributed by atoms with Crippen molar-refractivity contribution in [1.82, 2.24) is 4.57 Å². The first kappa shape index (κ1) is 19.2. The van der Waals surface area contributed by atoms with E-state index in [1.807, 2.05) is 25.1 Å². The lowest BCUT2D eigenvalue weighted by atomic mass is 10.1. The van der Waals surface area contributed by atoms with Crippen molar-refractivity contribution in [1.29, 1.82) is 0 Å². The maximum absolute atomic E-state index is 13.0. The summed E-state index contributed by atoms with van der Waals surface area (Å²) in [7, 11) is -3.87. The van der Waals surface area contributed by atoms with Crippen molar-refractivity contribution in [3.05, 3.63) is 65.0 Å². The van der Waals surface area contributed by atoms with Gasteiger partial charge in [-0.3, -0.25) is 4.79 Å². The first-order chi connectivity index (χ1) is 12.9. The molecular formula is C21H24N2O3S. The van der Waals surface area contributed by atoms with Crippen LogP contribution < -0.4 is 10.5 Å². The molecule has 3 rings (SSSR count). The summed E-state index contributed by atoms with van der Waals surface area (Å²) in [5, 5.41) is 0.738. The molecule has 0 atom stereocenters. The van der Waals surface area contributed by atoms with E-state index in [-0.39, 0.29) is 9.79 Å². The fourth-order valence-electron chi connectivity index (χ4n) is 3.35. The summed E-state index contributed by atoms with van der Waals surface area (Å²) >= 11 is 0. The van der Waals surface area contributed by atoms with Crippen molar-refractivity contribution in [2.24, 2.45) is 0 Å². The van der Waals surface area contributed by atoms with Crippen LogP contribution >= 0.6 is 0 Å². The van der Waals surface area contributed by atoms with Gasteiger partial charge >= 0.3 is 0 Å². The number of sulfone groups is 1. The lowest BCUT2D eigenvalue weighted by Crippen LogP contribution is -2.26. The summed E-state index contributed by atoms with van der Waals surface area (Å²) in [4.78, 5) is 15.2. The molecule has 0 spiro atoms. The van der Waals surface area contributed by atoms with Crippen LogP contribution in [0.25, 0.3) is 10.9 Å². The number of nitrogens with zero attached hydrogens (tertiary/aromatic N) is 2. The second-order valence-electron chi connectivity index (χ2n) is 6.29. The molecule has 142 valence electrons. The van der Waals surface area contributed by atoms with Crippen molar-refractivity contribution < 1.29 is 8.42 Å². The van der Waals surface area contributed by atoms with Crippen molar-refractivity contribution in [2.45, 2.75) is 37.1 Å². The van der Waals surface area contributed by atoms with Gasteiger partial charge in [-0.05, 0) is 56.5 Å². The van der Waals surface area contributed by atoms with E-state index in [4.69, 9.17) is 0 Å². The molecule has 0 amide bonds. The SMILES string of the molecule is CCN(CC)c1ccc2cc(S(=O)(=O)c3ccccc3)c(=O)n(CC)c2c1. The maximum atomic E-state index is 13.0. The van der Waals surface area contributed by atoms with Gasteiger partial charge in [-0.15, -0.1) is 0 Å². The van der Waals surface area contributed by atoms with Crippen molar-refractivity contribution in [3.8, 4) is 0 Å². The van der Waals surface area contributed by atoms with Gasteiger partial charge in [-0.2, -0.15) is 0 Å². The van der Waals surface area contributed by atoms with Gasteiger partial charge in [-0.1, -0.05) is 24.3 Å². The van der Waals surface area contributed by atoms with Crippen molar-refractivity contribution in [3.63, 3.8) is 0 Å². The Kier molecular flexibility index (Phi) is 5.37. The van der Waals surface area contributed by atoms with Gasteiger partial charge in [0.15, 0.2) is 0 Å².